The highest BCUT2D eigenvalue weighted by atomic mass is 16.5. The molecule has 0 saturated carbocycles. The molecule has 0 amide bonds. The minimum Gasteiger partial charge on any atom is -0.468 e. The van der Waals surface area contributed by atoms with Crippen molar-refractivity contribution in [2.75, 3.05) is 13.2 Å². The fourth-order valence-corrected chi connectivity index (χ4v) is 0.984. The molecule has 0 radical (unpaired) electrons. The van der Waals surface area contributed by atoms with Crippen LogP contribution in [0, 0.1) is 0 Å². The summed E-state index contributed by atoms with van der Waals surface area (Å²) < 4.78 is 9.62. The summed E-state index contributed by atoms with van der Waals surface area (Å²) in [6.45, 7) is 3.25. The molecule has 4 heteroatoms. The maximum Gasteiger partial charge on any atom is 0.293 e. The lowest BCUT2D eigenvalue weighted by molar-refractivity contribution is -0.129. The molecule has 4 nitrogen and oxygen atoms in total. The van der Waals surface area contributed by atoms with E-state index in [-0.39, 0.29) is 6.10 Å². The average molecular weight is 188 g/mol. The van der Waals surface area contributed by atoms with Gasteiger partial charge in [0.1, 0.15) is 12.4 Å². The molecule has 0 aromatic carbocycles. The molecule has 0 fully saturated rings. The van der Waals surface area contributed by atoms with E-state index in [9.17, 15) is 9.59 Å². The minimum atomic E-state index is -0.304. The number of aldehydes is 1. The van der Waals surface area contributed by atoms with E-state index in [0.29, 0.717) is 26.1 Å². The number of unbranched alkanes of at least 4 members (excludes halogenated alkanes) is 1. The van der Waals surface area contributed by atoms with Gasteiger partial charge in [-0.15, -0.1) is 0 Å². The van der Waals surface area contributed by atoms with E-state index in [1.807, 2.05) is 6.92 Å². The summed E-state index contributed by atoms with van der Waals surface area (Å²) in [5.74, 6) is 0. The van der Waals surface area contributed by atoms with E-state index in [2.05, 4.69) is 4.74 Å². The number of carbonyl (C=O) groups is 2. The third-order valence-electron chi connectivity index (χ3n) is 1.60. The van der Waals surface area contributed by atoms with Crippen molar-refractivity contribution in [3.8, 4) is 0 Å². The number of ether oxygens (including phenoxy) is 2. The Morgan fingerprint density at radius 1 is 1.31 bits per heavy atom. The molecule has 0 aliphatic heterocycles. The molecule has 1 atom stereocenters. The van der Waals surface area contributed by atoms with Crippen LogP contribution in [0.3, 0.4) is 0 Å². The second kappa shape index (κ2) is 9.19. The Morgan fingerprint density at radius 2 is 2.08 bits per heavy atom. The first-order chi connectivity index (χ1) is 6.35. The molecule has 0 saturated heterocycles. The number of hydrogen-bond acceptors (Lipinski definition) is 4. The van der Waals surface area contributed by atoms with Crippen molar-refractivity contribution >= 4 is 12.8 Å². The van der Waals surface area contributed by atoms with Gasteiger partial charge in [0, 0.05) is 6.61 Å². The van der Waals surface area contributed by atoms with Gasteiger partial charge in [-0.2, -0.15) is 0 Å². The first-order valence-corrected chi connectivity index (χ1v) is 4.47. The van der Waals surface area contributed by atoms with Gasteiger partial charge < -0.3 is 14.3 Å². The van der Waals surface area contributed by atoms with Crippen LogP contribution < -0.4 is 0 Å². The van der Waals surface area contributed by atoms with Crippen molar-refractivity contribution in [3.63, 3.8) is 0 Å². The van der Waals surface area contributed by atoms with Crippen LogP contribution in [0.4, 0.5) is 0 Å². The van der Waals surface area contributed by atoms with Gasteiger partial charge in [0.2, 0.25) is 0 Å². The highest BCUT2D eigenvalue weighted by Crippen LogP contribution is 2.02. The fraction of sp³-hybridized carbons (Fsp3) is 0.778. The first kappa shape index (κ1) is 12.1. The van der Waals surface area contributed by atoms with E-state index in [1.165, 1.54) is 0 Å². The van der Waals surface area contributed by atoms with Gasteiger partial charge in [0.15, 0.2) is 0 Å². The van der Waals surface area contributed by atoms with Crippen LogP contribution in [0.15, 0.2) is 0 Å². The highest BCUT2D eigenvalue weighted by molar-refractivity contribution is 5.55. The molecule has 0 aliphatic carbocycles. The lowest BCUT2D eigenvalue weighted by Gasteiger charge is -2.08. The molecule has 76 valence electrons. The Hall–Kier alpha value is -0.900. The van der Waals surface area contributed by atoms with Crippen molar-refractivity contribution in [1.29, 1.82) is 0 Å². The topological polar surface area (TPSA) is 52.6 Å². The predicted molar refractivity (Wildman–Crippen MR) is 47.3 cm³/mol. The highest BCUT2D eigenvalue weighted by Gasteiger charge is 2.05. The molecule has 0 spiro atoms. The van der Waals surface area contributed by atoms with Crippen LogP contribution in [0.25, 0.3) is 0 Å². The van der Waals surface area contributed by atoms with Gasteiger partial charge in [-0.25, -0.2) is 0 Å². The quantitative estimate of drug-likeness (QED) is 0.399. The molecule has 0 aromatic heterocycles. The second-order valence-corrected chi connectivity index (χ2v) is 2.59. The third-order valence-corrected chi connectivity index (χ3v) is 1.60. The molecule has 0 heterocycles. The van der Waals surface area contributed by atoms with E-state index < -0.39 is 0 Å². The summed E-state index contributed by atoms with van der Waals surface area (Å²) in [6.07, 6.45) is 2.80. The van der Waals surface area contributed by atoms with Gasteiger partial charge in [0.05, 0.1) is 6.61 Å². The van der Waals surface area contributed by atoms with E-state index >= 15 is 0 Å². The smallest absolute Gasteiger partial charge is 0.293 e. The van der Waals surface area contributed by atoms with Crippen molar-refractivity contribution in [1.82, 2.24) is 0 Å². The Kier molecular flexibility index (Phi) is 8.55. The van der Waals surface area contributed by atoms with Gasteiger partial charge >= 0.3 is 0 Å². The molecular formula is C9H16O4. The van der Waals surface area contributed by atoms with E-state index in [1.54, 1.807) is 0 Å². The standard InChI is InChI=1S/C9H16O4/c1-2-13-9(7-10)5-3-4-6-12-8-11/h7-9H,2-6H2,1H3. The Morgan fingerprint density at radius 3 is 2.62 bits per heavy atom. The first-order valence-electron chi connectivity index (χ1n) is 4.47. The zero-order chi connectivity index (χ0) is 9.94. The normalized spacial score (nSPS) is 12.1. The number of rotatable bonds is 9. The van der Waals surface area contributed by atoms with Gasteiger partial charge in [-0.05, 0) is 26.2 Å². The van der Waals surface area contributed by atoms with Crippen LogP contribution in [-0.2, 0) is 19.1 Å². The molecule has 0 aliphatic rings. The number of hydrogen-bond donors (Lipinski definition) is 0. The Bertz CT molecular complexity index is 136. The summed E-state index contributed by atoms with van der Waals surface area (Å²) in [7, 11) is 0. The van der Waals surface area contributed by atoms with Crippen LogP contribution in [0.5, 0.6) is 0 Å². The summed E-state index contributed by atoms with van der Waals surface area (Å²) in [4.78, 5) is 20.2. The molecule has 1 unspecified atom stereocenters. The van der Waals surface area contributed by atoms with Crippen LogP contribution in [0.1, 0.15) is 26.2 Å². The molecule has 0 bridgehead atoms. The summed E-state index contributed by atoms with van der Waals surface area (Å²) >= 11 is 0. The molecule has 0 rings (SSSR count). The zero-order valence-corrected chi connectivity index (χ0v) is 7.90. The third kappa shape index (κ3) is 7.46. The van der Waals surface area contributed by atoms with Crippen LogP contribution in [0.2, 0.25) is 0 Å². The van der Waals surface area contributed by atoms with Gasteiger partial charge in [-0.3, -0.25) is 4.79 Å². The maximum absolute atomic E-state index is 10.4. The van der Waals surface area contributed by atoms with Crippen molar-refractivity contribution in [3.05, 3.63) is 0 Å². The summed E-state index contributed by atoms with van der Waals surface area (Å²) in [6, 6.07) is 0. The van der Waals surface area contributed by atoms with Crippen molar-refractivity contribution in [2.24, 2.45) is 0 Å². The van der Waals surface area contributed by atoms with Crippen molar-refractivity contribution in [2.45, 2.75) is 32.3 Å². The van der Waals surface area contributed by atoms with Crippen LogP contribution in [-0.4, -0.2) is 32.1 Å². The summed E-state index contributed by atoms with van der Waals surface area (Å²) in [5.41, 5.74) is 0. The average Bonchev–Trinajstić information content (AvgIpc) is 2.16. The van der Waals surface area contributed by atoms with E-state index in [0.717, 1.165) is 19.1 Å². The lowest BCUT2D eigenvalue weighted by Crippen LogP contribution is -2.14. The van der Waals surface area contributed by atoms with Crippen molar-refractivity contribution < 1.29 is 19.1 Å². The van der Waals surface area contributed by atoms with Gasteiger partial charge in [0.25, 0.3) is 6.47 Å². The largest absolute Gasteiger partial charge is 0.468 e. The number of carbonyl (C=O) groups excluding carboxylic acids is 2. The van der Waals surface area contributed by atoms with Crippen LogP contribution >= 0.6 is 0 Å². The minimum absolute atomic E-state index is 0.304. The molecular weight excluding hydrogens is 172 g/mol. The molecule has 0 aromatic rings. The monoisotopic (exact) mass is 188 g/mol. The lowest BCUT2D eigenvalue weighted by atomic mass is 10.2. The Labute approximate surface area is 78.2 Å². The summed E-state index contributed by atoms with van der Waals surface area (Å²) in [5, 5.41) is 0. The molecule has 0 N–H and O–H groups in total. The zero-order valence-electron chi connectivity index (χ0n) is 7.90. The second-order valence-electron chi connectivity index (χ2n) is 2.59. The maximum atomic E-state index is 10.4. The predicted octanol–water partition coefficient (Wildman–Crippen LogP) is 0.934. The molecule has 13 heavy (non-hydrogen) atoms. The fourth-order valence-electron chi connectivity index (χ4n) is 0.984. The van der Waals surface area contributed by atoms with E-state index in [4.69, 9.17) is 4.74 Å². The Balaban J connectivity index is 3.27. The SMILES string of the molecule is CCOC(C=O)CCCCOC=O. The van der Waals surface area contributed by atoms with Gasteiger partial charge in [-0.1, -0.05) is 0 Å².